The number of carbonyl (C=O) groups excluding carboxylic acids is 1. The maximum atomic E-state index is 12.0. The van der Waals surface area contributed by atoms with E-state index in [1.54, 1.807) is 0 Å². The topological polar surface area (TPSA) is 17.1 Å². The second-order valence-corrected chi connectivity index (χ2v) is 2.17. The van der Waals surface area contributed by atoms with Crippen molar-refractivity contribution in [3.8, 4) is 0 Å². The molecule has 11 heavy (non-hydrogen) atoms. The maximum Gasteiger partial charge on any atom is 0.269 e. The summed E-state index contributed by atoms with van der Waals surface area (Å²) in [5, 5.41) is -0.800. The number of hydrogen-bond acceptors (Lipinski definition) is 1. The minimum Gasteiger partial charge on any atom is -0.276 e. The number of hydrogen-bond donors (Lipinski definition) is 0. The predicted octanol–water partition coefficient (Wildman–Crippen LogP) is 2.30. The number of carbonyl (C=O) groups is 1. The van der Waals surface area contributed by atoms with Crippen LogP contribution in [0.3, 0.4) is 0 Å². The molecule has 0 aromatic carbocycles. The SMILES string of the molecule is O=C(Cl)C=CCC(F)C(F)F. The van der Waals surface area contributed by atoms with Crippen molar-refractivity contribution >= 4 is 16.8 Å². The van der Waals surface area contributed by atoms with Gasteiger partial charge in [-0.15, -0.1) is 0 Å². The molecule has 0 saturated carbocycles. The quantitative estimate of drug-likeness (QED) is 0.486. The third kappa shape index (κ3) is 5.91. The van der Waals surface area contributed by atoms with Crippen molar-refractivity contribution in [3.05, 3.63) is 12.2 Å². The van der Waals surface area contributed by atoms with Crippen LogP contribution in [0.5, 0.6) is 0 Å². The smallest absolute Gasteiger partial charge is 0.269 e. The highest BCUT2D eigenvalue weighted by molar-refractivity contribution is 6.66. The van der Waals surface area contributed by atoms with Gasteiger partial charge in [-0.1, -0.05) is 6.08 Å². The molecule has 0 aliphatic rings. The van der Waals surface area contributed by atoms with Gasteiger partial charge < -0.3 is 0 Å². The molecule has 0 heterocycles. The summed E-state index contributed by atoms with van der Waals surface area (Å²) in [6, 6.07) is 0. The Morgan fingerprint density at radius 3 is 2.36 bits per heavy atom. The molecule has 0 radical (unpaired) electrons. The van der Waals surface area contributed by atoms with E-state index in [2.05, 4.69) is 0 Å². The van der Waals surface area contributed by atoms with Crippen molar-refractivity contribution < 1.29 is 18.0 Å². The van der Waals surface area contributed by atoms with Crippen LogP contribution in [0.2, 0.25) is 0 Å². The van der Waals surface area contributed by atoms with E-state index in [0.29, 0.717) is 0 Å². The molecule has 0 aliphatic carbocycles. The molecule has 64 valence electrons. The zero-order chi connectivity index (χ0) is 8.85. The van der Waals surface area contributed by atoms with Gasteiger partial charge in [-0.2, -0.15) is 0 Å². The lowest BCUT2D eigenvalue weighted by Gasteiger charge is -2.00. The third-order valence-corrected chi connectivity index (χ3v) is 1.01. The number of halogens is 4. The Balaban J connectivity index is 3.61. The number of allylic oxidation sites excluding steroid dienone is 2. The molecule has 0 bridgehead atoms. The molecule has 5 heteroatoms. The van der Waals surface area contributed by atoms with E-state index in [-0.39, 0.29) is 0 Å². The van der Waals surface area contributed by atoms with Crippen LogP contribution in [0.25, 0.3) is 0 Å². The lowest BCUT2D eigenvalue weighted by Crippen LogP contribution is -2.10. The Hall–Kier alpha value is -0.510. The van der Waals surface area contributed by atoms with Gasteiger partial charge in [0.05, 0.1) is 0 Å². The first kappa shape index (κ1) is 10.5. The molecule has 0 fully saturated rings. The van der Waals surface area contributed by atoms with Crippen LogP contribution in [0.15, 0.2) is 12.2 Å². The first-order chi connectivity index (χ1) is 5.04. The molecule has 0 aliphatic heterocycles. The van der Waals surface area contributed by atoms with Gasteiger partial charge in [0, 0.05) is 6.42 Å². The fraction of sp³-hybridized carbons (Fsp3) is 0.500. The summed E-state index contributed by atoms with van der Waals surface area (Å²) in [5.74, 6) is 0. The second kappa shape index (κ2) is 5.18. The minimum absolute atomic E-state index is 0.490. The first-order valence-electron chi connectivity index (χ1n) is 2.82. The fourth-order valence-electron chi connectivity index (χ4n) is 0.394. The van der Waals surface area contributed by atoms with E-state index in [0.717, 1.165) is 12.2 Å². The van der Waals surface area contributed by atoms with Crippen LogP contribution in [-0.2, 0) is 4.79 Å². The Kier molecular flexibility index (Phi) is 4.94. The molecule has 0 amide bonds. The first-order valence-corrected chi connectivity index (χ1v) is 3.20. The summed E-state index contributed by atoms with van der Waals surface area (Å²) in [5.41, 5.74) is 0. The van der Waals surface area contributed by atoms with Crippen molar-refractivity contribution in [3.63, 3.8) is 0 Å². The van der Waals surface area contributed by atoms with Crippen LogP contribution in [0.1, 0.15) is 6.42 Å². The minimum atomic E-state index is -3.01. The van der Waals surface area contributed by atoms with Gasteiger partial charge in [-0.25, -0.2) is 13.2 Å². The van der Waals surface area contributed by atoms with Crippen molar-refractivity contribution in [1.82, 2.24) is 0 Å². The van der Waals surface area contributed by atoms with Gasteiger partial charge >= 0.3 is 0 Å². The molecule has 0 aromatic rings. The molecule has 0 spiro atoms. The highest BCUT2D eigenvalue weighted by Crippen LogP contribution is 2.09. The monoisotopic (exact) mass is 186 g/mol. The molecular formula is C6H6ClF3O. The number of alkyl halides is 3. The van der Waals surface area contributed by atoms with E-state index in [1.165, 1.54) is 0 Å². The van der Waals surface area contributed by atoms with E-state index in [4.69, 9.17) is 11.6 Å². The molecule has 1 atom stereocenters. The summed E-state index contributed by atoms with van der Waals surface area (Å²) in [6.07, 6.45) is -3.90. The van der Waals surface area contributed by atoms with Crippen LogP contribution in [-0.4, -0.2) is 17.8 Å². The van der Waals surface area contributed by atoms with Gasteiger partial charge in [-0.05, 0) is 17.7 Å². The fourth-order valence-corrected chi connectivity index (χ4v) is 0.483. The molecule has 1 nitrogen and oxygen atoms in total. The van der Waals surface area contributed by atoms with Crippen molar-refractivity contribution in [1.29, 1.82) is 0 Å². The number of rotatable bonds is 4. The van der Waals surface area contributed by atoms with Gasteiger partial charge in [-0.3, -0.25) is 4.79 Å². The van der Waals surface area contributed by atoms with Crippen LogP contribution >= 0.6 is 11.6 Å². The molecule has 0 rings (SSSR count). The third-order valence-electron chi connectivity index (χ3n) is 0.884. The normalized spacial score (nSPS) is 14.3. The summed E-state index contributed by atoms with van der Waals surface area (Å²) in [6.45, 7) is 0. The molecular weight excluding hydrogens is 181 g/mol. The van der Waals surface area contributed by atoms with Crippen molar-refractivity contribution in [2.45, 2.75) is 19.0 Å². The van der Waals surface area contributed by atoms with Gasteiger partial charge in [0.2, 0.25) is 5.24 Å². The van der Waals surface area contributed by atoms with Crippen molar-refractivity contribution in [2.24, 2.45) is 0 Å². The van der Waals surface area contributed by atoms with Gasteiger partial charge in [0.25, 0.3) is 6.43 Å². The van der Waals surface area contributed by atoms with Crippen molar-refractivity contribution in [2.75, 3.05) is 0 Å². The van der Waals surface area contributed by atoms with Gasteiger partial charge in [0.1, 0.15) is 0 Å². The molecule has 0 saturated heterocycles. The van der Waals surface area contributed by atoms with Gasteiger partial charge in [0.15, 0.2) is 6.17 Å². The Morgan fingerprint density at radius 2 is 2.00 bits per heavy atom. The van der Waals surface area contributed by atoms with Crippen LogP contribution in [0.4, 0.5) is 13.2 Å². The summed E-state index contributed by atoms with van der Waals surface area (Å²) in [7, 11) is 0. The van der Waals surface area contributed by atoms with Crippen LogP contribution < -0.4 is 0 Å². The zero-order valence-corrected chi connectivity index (χ0v) is 6.19. The Morgan fingerprint density at radius 1 is 1.45 bits per heavy atom. The zero-order valence-electron chi connectivity index (χ0n) is 5.44. The maximum absolute atomic E-state index is 12.0. The molecule has 1 unspecified atom stereocenters. The Labute approximate surface area is 66.8 Å². The van der Waals surface area contributed by atoms with Crippen LogP contribution in [0, 0.1) is 0 Å². The molecule has 0 aromatic heterocycles. The highest BCUT2D eigenvalue weighted by atomic mass is 35.5. The Bertz CT molecular complexity index is 158. The predicted molar refractivity (Wildman–Crippen MR) is 35.5 cm³/mol. The van der Waals surface area contributed by atoms with E-state index in [9.17, 15) is 18.0 Å². The summed E-state index contributed by atoms with van der Waals surface area (Å²) < 4.78 is 34.9. The van der Waals surface area contributed by atoms with E-state index < -0.39 is 24.3 Å². The summed E-state index contributed by atoms with van der Waals surface area (Å²) in [4.78, 5) is 9.96. The summed E-state index contributed by atoms with van der Waals surface area (Å²) >= 11 is 4.81. The largest absolute Gasteiger partial charge is 0.276 e. The molecule has 0 N–H and O–H groups in total. The van der Waals surface area contributed by atoms with E-state index in [1.807, 2.05) is 0 Å². The standard InChI is InChI=1S/C6H6ClF3O/c7-5(11)3-1-2-4(8)6(9)10/h1,3-4,6H,2H2. The second-order valence-electron chi connectivity index (χ2n) is 1.79. The highest BCUT2D eigenvalue weighted by Gasteiger charge is 2.16. The lowest BCUT2D eigenvalue weighted by atomic mass is 10.3. The lowest BCUT2D eigenvalue weighted by molar-refractivity contribution is -0.107. The average Bonchev–Trinajstić information content (AvgIpc) is 1.86. The average molecular weight is 187 g/mol. The van der Waals surface area contributed by atoms with E-state index >= 15 is 0 Å².